The maximum absolute atomic E-state index is 5.82. The van der Waals surface area contributed by atoms with E-state index in [2.05, 4.69) is 6.92 Å². The Kier molecular flexibility index (Phi) is 2.58. The number of hydrogen-bond acceptors (Lipinski definition) is 3. The van der Waals surface area contributed by atoms with E-state index in [4.69, 9.17) is 15.2 Å². The molecule has 3 nitrogen and oxygen atoms in total. The molecule has 1 unspecified atom stereocenters. The van der Waals surface area contributed by atoms with E-state index in [9.17, 15) is 0 Å². The van der Waals surface area contributed by atoms with Crippen molar-refractivity contribution in [1.29, 1.82) is 0 Å². The van der Waals surface area contributed by atoms with Crippen molar-refractivity contribution in [2.24, 2.45) is 5.73 Å². The normalized spacial score (nSPS) is 18.6. The monoisotopic (exact) mass is 221 g/mol. The topological polar surface area (TPSA) is 44.5 Å². The second-order valence-electron chi connectivity index (χ2n) is 5.01. The van der Waals surface area contributed by atoms with Gasteiger partial charge in [-0.15, -0.1) is 0 Å². The zero-order valence-corrected chi connectivity index (χ0v) is 10.3. The zero-order valence-electron chi connectivity index (χ0n) is 10.3. The number of fused-ring (bicyclic) bond motifs is 1. The summed E-state index contributed by atoms with van der Waals surface area (Å²) in [6.45, 7) is 7.90. The standard InChI is InChI=1S/C13H19NO2/c1-8-5-11-12(16-13(3,4)15-11)7-10(8)6-9(2)14/h5,7,9H,6,14H2,1-4H3. The van der Waals surface area contributed by atoms with Crippen LogP contribution in [0, 0.1) is 6.92 Å². The third-order valence-corrected chi connectivity index (χ3v) is 2.66. The number of ether oxygens (including phenoxy) is 2. The molecule has 16 heavy (non-hydrogen) atoms. The highest BCUT2D eigenvalue weighted by Gasteiger charge is 2.32. The van der Waals surface area contributed by atoms with Gasteiger partial charge in [-0.2, -0.15) is 0 Å². The molecular weight excluding hydrogens is 202 g/mol. The number of benzene rings is 1. The van der Waals surface area contributed by atoms with E-state index in [1.54, 1.807) is 0 Å². The van der Waals surface area contributed by atoms with Crippen LogP contribution in [0.5, 0.6) is 11.5 Å². The van der Waals surface area contributed by atoms with Crippen LogP contribution in [0.15, 0.2) is 12.1 Å². The van der Waals surface area contributed by atoms with Crippen molar-refractivity contribution in [3.05, 3.63) is 23.3 Å². The Morgan fingerprint density at radius 3 is 2.38 bits per heavy atom. The molecule has 1 aliphatic heterocycles. The SMILES string of the molecule is Cc1cc2c(cc1CC(C)N)OC(C)(C)O2. The van der Waals surface area contributed by atoms with Crippen LogP contribution in [0.2, 0.25) is 0 Å². The molecule has 1 aliphatic rings. The predicted octanol–water partition coefficient (Wildman–Crippen LogP) is 2.39. The Hall–Kier alpha value is -1.22. The van der Waals surface area contributed by atoms with Gasteiger partial charge in [0.05, 0.1) is 0 Å². The third-order valence-electron chi connectivity index (χ3n) is 2.66. The zero-order chi connectivity index (χ0) is 11.9. The van der Waals surface area contributed by atoms with Crippen molar-refractivity contribution in [3.8, 4) is 11.5 Å². The third kappa shape index (κ3) is 2.14. The van der Waals surface area contributed by atoms with Gasteiger partial charge in [-0.25, -0.2) is 0 Å². The van der Waals surface area contributed by atoms with Crippen molar-refractivity contribution in [2.75, 3.05) is 0 Å². The number of rotatable bonds is 2. The molecule has 0 amide bonds. The minimum atomic E-state index is -0.554. The fourth-order valence-corrected chi connectivity index (χ4v) is 1.98. The van der Waals surface area contributed by atoms with Crippen LogP contribution < -0.4 is 15.2 Å². The summed E-state index contributed by atoms with van der Waals surface area (Å²) in [6, 6.07) is 4.23. The van der Waals surface area contributed by atoms with Gasteiger partial charge in [0, 0.05) is 19.9 Å². The number of nitrogens with two attached hydrogens (primary N) is 1. The molecule has 2 rings (SSSR count). The fraction of sp³-hybridized carbons (Fsp3) is 0.538. The number of aryl methyl sites for hydroxylation is 1. The van der Waals surface area contributed by atoms with Gasteiger partial charge < -0.3 is 15.2 Å². The summed E-state index contributed by atoms with van der Waals surface area (Å²) in [6.07, 6.45) is 0.864. The van der Waals surface area contributed by atoms with E-state index >= 15 is 0 Å². The van der Waals surface area contributed by atoms with Crippen LogP contribution in [-0.2, 0) is 6.42 Å². The molecule has 0 bridgehead atoms. The molecule has 0 radical (unpaired) electrons. The van der Waals surface area contributed by atoms with Gasteiger partial charge in [-0.05, 0) is 43.5 Å². The van der Waals surface area contributed by atoms with Gasteiger partial charge in [-0.3, -0.25) is 0 Å². The van der Waals surface area contributed by atoms with Crippen molar-refractivity contribution >= 4 is 0 Å². The molecule has 0 saturated heterocycles. The lowest BCUT2D eigenvalue weighted by Gasteiger charge is -2.16. The van der Waals surface area contributed by atoms with Crippen molar-refractivity contribution in [1.82, 2.24) is 0 Å². The largest absolute Gasteiger partial charge is 0.449 e. The molecule has 0 saturated carbocycles. The first-order chi connectivity index (χ1) is 7.37. The van der Waals surface area contributed by atoms with Gasteiger partial charge in [0.25, 0.3) is 0 Å². The lowest BCUT2D eigenvalue weighted by molar-refractivity contribution is -0.0431. The van der Waals surface area contributed by atoms with Gasteiger partial charge in [-0.1, -0.05) is 0 Å². The van der Waals surface area contributed by atoms with Crippen LogP contribution in [0.4, 0.5) is 0 Å². The molecule has 0 spiro atoms. The highest BCUT2D eigenvalue weighted by molar-refractivity contribution is 5.49. The van der Waals surface area contributed by atoms with Crippen molar-refractivity contribution < 1.29 is 9.47 Å². The van der Waals surface area contributed by atoms with E-state index in [0.29, 0.717) is 0 Å². The minimum absolute atomic E-state index is 0.159. The van der Waals surface area contributed by atoms with Crippen molar-refractivity contribution in [2.45, 2.75) is 45.9 Å². The van der Waals surface area contributed by atoms with Gasteiger partial charge in [0.2, 0.25) is 5.79 Å². The van der Waals surface area contributed by atoms with Gasteiger partial charge >= 0.3 is 0 Å². The summed E-state index contributed by atoms with van der Waals surface area (Å²) in [5, 5.41) is 0. The average molecular weight is 221 g/mol. The first-order valence-electron chi connectivity index (χ1n) is 5.64. The highest BCUT2D eigenvalue weighted by Crippen LogP contribution is 2.40. The van der Waals surface area contributed by atoms with Crippen molar-refractivity contribution in [3.63, 3.8) is 0 Å². The Labute approximate surface area is 96.5 Å². The van der Waals surface area contributed by atoms with E-state index in [1.165, 1.54) is 11.1 Å². The maximum Gasteiger partial charge on any atom is 0.246 e. The lowest BCUT2D eigenvalue weighted by atomic mass is 10.0. The number of hydrogen-bond donors (Lipinski definition) is 1. The molecule has 0 fully saturated rings. The van der Waals surface area contributed by atoms with E-state index in [0.717, 1.165) is 17.9 Å². The molecule has 88 valence electrons. The van der Waals surface area contributed by atoms with Crippen LogP contribution in [0.3, 0.4) is 0 Å². The summed E-state index contributed by atoms with van der Waals surface area (Å²) in [5.41, 5.74) is 8.26. The first kappa shape index (κ1) is 11.3. The molecule has 1 atom stereocenters. The average Bonchev–Trinajstić information content (AvgIpc) is 2.38. The summed E-state index contributed by atoms with van der Waals surface area (Å²) < 4.78 is 11.4. The Balaban J connectivity index is 2.33. The molecule has 1 aromatic rings. The molecule has 2 N–H and O–H groups in total. The van der Waals surface area contributed by atoms with Crippen LogP contribution in [0.1, 0.15) is 31.9 Å². The first-order valence-corrected chi connectivity index (χ1v) is 5.64. The van der Waals surface area contributed by atoms with Gasteiger partial charge in [0.15, 0.2) is 11.5 Å². The molecule has 1 aromatic carbocycles. The van der Waals surface area contributed by atoms with Crippen LogP contribution >= 0.6 is 0 Å². The predicted molar refractivity (Wildman–Crippen MR) is 63.9 cm³/mol. The van der Waals surface area contributed by atoms with Crippen LogP contribution in [-0.4, -0.2) is 11.8 Å². The van der Waals surface area contributed by atoms with Gasteiger partial charge in [0.1, 0.15) is 0 Å². The van der Waals surface area contributed by atoms with E-state index in [-0.39, 0.29) is 6.04 Å². The quantitative estimate of drug-likeness (QED) is 0.834. The maximum atomic E-state index is 5.82. The second-order valence-corrected chi connectivity index (χ2v) is 5.01. The Morgan fingerprint density at radius 2 is 1.81 bits per heavy atom. The van der Waals surface area contributed by atoms with E-state index in [1.807, 2.05) is 32.9 Å². The molecule has 0 aliphatic carbocycles. The van der Waals surface area contributed by atoms with Crippen LogP contribution in [0.25, 0.3) is 0 Å². The molecular formula is C13H19NO2. The summed E-state index contributed by atoms with van der Waals surface area (Å²) in [4.78, 5) is 0. The second kappa shape index (κ2) is 3.67. The molecule has 0 aromatic heterocycles. The lowest BCUT2D eigenvalue weighted by Crippen LogP contribution is -2.29. The minimum Gasteiger partial charge on any atom is -0.449 e. The summed E-state index contributed by atoms with van der Waals surface area (Å²) >= 11 is 0. The fourth-order valence-electron chi connectivity index (χ4n) is 1.98. The molecule has 3 heteroatoms. The molecule has 1 heterocycles. The highest BCUT2D eigenvalue weighted by atomic mass is 16.7. The smallest absolute Gasteiger partial charge is 0.246 e. The summed E-state index contributed by atoms with van der Waals surface area (Å²) in [5.74, 6) is 1.10. The Morgan fingerprint density at radius 1 is 1.25 bits per heavy atom. The van der Waals surface area contributed by atoms with E-state index < -0.39 is 5.79 Å². The Bertz CT molecular complexity index is 410. The summed E-state index contributed by atoms with van der Waals surface area (Å²) in [7, 11) is 0.